The van der Waals surface area contributed by atoms with Gasteiger partial charge in [0.15, 0.2) is 5.75 Å². The Morgan fingerprint density at radius 3 is 2.55 bits per heavy atom. The molecule has 2 rings (SSSR count). The Labute approximate surface area is 125 Å². The summed E-state index contributed by atoms with van der Waals surface area (Å²) in [5, 5.41) is 16.1. The number of halogens is 2. The van der Waals surface area contributed by atoms with Gasteiger partial charge in [0.2, 0.25) is 5.91 Å². The number of nitrogens with zero attached hydrogens (tertiary/aromatic N) is 2. The van der Waals surface area contributed by atoms with E-state index in [1.165, 1.54) is 18.3 Å². The number of nitrogens with one attached hydrogen (secondary N) is 1. The highest BCUT2D eigenvalue weighted by Gasteiger charge is 2.18. The normalized spacial score (nSPS) is 12.2. The van der Waals surface area contributed by atoms with Gasteiger partial charge < -0.3 is 16.2 Å². The Balaban J connectivity index is 2.15. The van der Waals surface area contributed by atoms with Gasteiger partial charge in [-0.3, -0.25) is 9.48 Å². The van der Waals surface area contributed by atoms with E-state index in [2.05, 4.69) is 10.4 Å². The molecule has 0 aliphatic carbocycles. The number of aryl methyl sites for hydroxylation is 1. The highest BCUT2D eigenvalue weighted by Crippen LogP contribution is 2.34. The number of hydrogen-bond acceptors (Lipinski definition) is 4. The van der Waals surface area contributed by atoms with Crippen LogP contribution < -0.4 is 11.1 Å². The van der Waals surface area contributed by atoms with E-state index in [1.807, 2.05) is 0 Å². The number of aromatic nitrogens is 2. The molecule has 1 atom stereocenters. The molecule has 0 aliphatic rings. The van der Waals surface area contributed by atoms with Crippen LogP contribution in [0.5, 0.6) is 5.75 Å². The maximum absolute atomic E-state index is 12.0. The Bertz CT molecular complexity index is 634. The number of benzene rings is 1. The van der Waals surface area contributed by atoms with E-state index < -0.39 is 11.9 Å². The van der Waals surface area contributed by atoms with E-state index in [0.29, 0.717) is 11.3 Å². The van der Waals surface area contributed by atoms with E-state index >= 15 is 0 Å². The molecule has 0 fully saturated rings. The topological polar surface area (TPSA) is 93.2 Å². The predicted molar refractivity (Wildman–Crippen MR) is 76.9 cm³/mol. The molecule has 6 nitrogen and oxygen atoms in total. The summed E-state index contributed by atoms with van der Waals surface area (Å²) in [7, 11) is 1.73. The number of nitrogens with two attached hydrogens (primary N) is 1. The van der Waals surface area contributed by atoms with E-state index in [-0.39, 0.29) is 15.8 Å². The molecule has 0 saturated heterocycles. The fourth-order valence-corrected chi connectivity index (χ4v) is 2.10. The summed E-state index contributed by atoms with van der Waals surface area (Å²) in [4.78, 5) is 12.0. The van der Waals surface area contributed by atoms with Gasteiger partial charge in [0, 0.05) is 24.5 Å². The van der Waals surface area contributed by atoms with Crippen LogP contribution in [0.3, 0.4) is 0 Å². The van der Waals surface area contributed by atoms with Crippen LogP contribution in [0.2, 0.25) is 10.0 Å². The molecule has 0 spiro atoms. The molecule has 0 radical (unpaired) electrons. The molecule has 20 heavy (non-hydrogen) atoms. The Morgan fingerprint density at radius 1 is 1.45 bits per heavy atom. The van der Waals surface area contributed by atoms with E-state index in [1.54, 1.807) is 17.9 Å². The minimum Gasteiger partial charge on any atom is -0.505 e. The fourth-order valence-electron chi connectivity index (χ4n) is 1.61. The second-order valence-electron chi connectivity index (χ2n) is 4.20. The number of carbonyl (C=O) groups excluding carboxylic acids is 1. The largest absolute Gasteiger partial charge is 0.505 e. The maximum Gasteiger partial charge on any atom is 0.246 e. The predicted octanol–water partition coefficient (Wildman–Crippen LogP) is 2.07. The molecular weight excluding hydrogens is 303 g/mol. The average Bonchev–Trinajstić information content (AvgIpc) is 2.81. The Hall–Kier alpha value is -1.76. The molecule has 106 valence electrons. The molecule has 0 bridgehead atoms. The van der Waals surface area contributed by atoms with Crippen molar-refractivity contribution in [2.75, 3.05) is 5.32 Å². The van der Waals surface area contributed by atoms with Gasteiger partial charge in [-0.15, -0.1) is 0 Å². The first-order valence-corrected chi connectivity index (χ1v) is 6.37. The van der Waals surface area contributed by atoms with Crippen LogP contribution in [0.15, 0.2) is 24.5 Å². The van der Waals surface area contributed by atoms with Gasteiger partial charge in [-0.25, -0.2) is 0 Å². The lowest BCUT2D eigenvalue weighted by molar-refractivity contribution is -0.117. The summed E-state index contributed by atoms with van der Waals surface area (Å²) in [6.45, 7) is 0. The zero-order valence-corrected chi connectivity index (χ0v) is 12.0. The van der Waals surface area contributed by atoms with Crippen molar-refractivity contribution in [1.82, 2.24) is 9.78 Å². The third-order valence-corrected chi connectivity index (χ3v) is 3.23. The molecule has 1 aromatic carbocycles. The minimum atomic E-state index is -0.866. The summed E-state index contributed by atoms with van der Waals surface area (Å²) < 4.78 is 1.55. The summed E-state index contributed by atoms with van der Waals surface area (Å²) in [6.07, 6.45) is 3.17. The molecule has 1 amide bonds. The molecule has 0 aliphatic heterocycles. The minimum absolute atomic E-state index is 0.0442. The van der Waals surface area contributed by atoms with Crippen molar-refractivity contribution in [3.05, 3.63) is 40.1 Å². The summed E-state index contributed by atoms with van der Waals surface area (Å²) in [5.74, 6) is -0.668. The number of rotatable bonds is 3. The summed E-state index contributed by atoms with van der Waals surface area (Å²) >= 11 is 11.5. The molecule has 1 unspecified atom stereocenters. The van der Waals surface area contributed by atoms with Gasteiger partial charge in [0.1, 0.15) is 6.04 Å². The molecule has 1 aromatic heterocycles. The number of phenolic OH excluding ortho intramolecular Hbond substituents is 1. The van der Waals surface area contributed by atoms with Crippen molar-refractivity contribution >= 4 is 34.8 Å². The zero-order valence-electron chi connectivity index (χ0n) is 10.5. The molecule has 2 aromatic rings. The number of aromatic hydroxyl groups is 1. The zero-order chi connectivity index (χ0) is 14.9. The van der Waals surface area contributed by atoms with Crippen LogP contribution in [0.25, 0.3) is 0 Å². The summed E-state index contributed by atoms with van der Waals surface area (Å²) in [6, 6.07) is 1.91. The lowest BCUT2D eigenvalue weighted by Crippen LogP contribution is -2.27. The van der Waals surface area contributed by atoms with Gasteiger partial charge in [-0.05, 0) is 12.1 Å². The Morgan fingerprint density at radius 2 is 2.05 bits per heavy atom. The molecule has 4 N–H and O–H groups in total. The third kappa shape index (κ3) is 3.04. The number of carbonyl (C=O) groups is 1. The van der Waals surface area contributed by atoms with Crippen LogP contribution >= 0.6 is 23.2 Å². The van der Waals surface area contributed by atoms with E-state index in [9.17, 15) is 9.90 Å². The highest BCUT2D eigenvalue weighted by atomic mass is 35.5. The summed E-state index contributed by atoms with van der Waals surface area (Å²) in [5.41, 5.74) is 6.76. The van der Waals surface area contributed by atoms with Gasteiger partial charge in [-0.1, -0.05) is 23.2 Å². The number of anilines is 1. The third-order valence-electron chi connectivity index (χ3n) is 2.65. The molecule has 8 heteroatoms. The lowest BCUT2D eigenvalue weighted by Gasteiger charge is -2.11. The van der Waals surface area contributed by atoms with E-state index in [0.717, 1.165) is 0 Å². The van der Waals surface area contributed by atoms with Crippen molar-refractivity contribution < 1.29 is 9.90 Å². The monoisotopic (exact) mass is 314 g/mol. The van der Waals surface area contributed by atoms with Crippen molar-refractivity contribution in [3.8, 4) is 5.75 Å². The van der Waals surface area contributed by atoms with Crippen LogP contribution in [-0.2, 0) is 11.8 Å². The average molecular weight is 315 g/mol. The SMILES string of the molecule is Cn1cc(C(N)C(=O)Nc2cc(Cl)c(O)c(Cl)c2)cn1. The first-order chi connectivity index (χ1) is 9.38. The fraction of sp³-hybridized carbons (Fsp3) is 0.167. The van der Waals surface area contributed by atoms with Crippen LogP contribution in [0, 0.1) is 0 Å². The molecule has 1 heterocycles. The number of phenols is 1. The number of hydrogen-bond donors (Lipinski definition) is 3. The van der Waals surface area contributed by atoms with Crippen molar-refractivity contribution in [2.24, 2.45) is 12.8 Å². The standard InChI is InChI=1S/C12H12Cl2N4O2/c1-18-5-6(4-16-18)10(15)12(20)17-7-2-8(13)11(19)9(14)3-7/h2-5,10,19H,15H2,1H3,(H,17,20). The Kier molecular flexibility index (Phi) is 4.17. The molecule has 0 saturated carbocycles. The number of amides is 1. The van der Waals surface area contributed by atoms with Crippen LogP contribution in [-0.4, -0.2) is 20.8 Å². The van der Waals surface area contributed by atoms with Gasteiger partial charge >= 0.3 is 0 Å². The van der Waals surface area contributed by atoms with Crippen molar-refractivity contribution in [1.29, 1.82) is 0 Å². The quantitative estimate of drug-likeness (QED) is 0.756. The van der Waals surface area contributed by atoms with Crippen LogP contribution in [0.1, 0.15) is 11.6 Å². The molecular formula is C12H12Cl2N4O2. The smallest absolute Gasteiger partial charge is 0.246 e. The van der Waals surface area contributed by atoms with Gasteiger partial charge in [-0.2, -0.15) is 5.10 Å². The maximum atomic E-state index is 12.0. The first-order valence-electron chi connectivity index (χ1n) is 5.61. The second kappa shape index (κ2) is 5.70. The lowest BCUT2D eigenvalue weighted by atomic mass is 10.1. The van der Waals surface area contributed by atoms with E-state index in [4.69, 9.17) is 28.9 Å². The van der Waals surface area contributed by atoms with Crippen molar-refractivity contribution in [3.63, 3.8) is 0 Å². The first kappa shape index (κ1) is 14.6. The second-order valence-corrected chi connectivity index (χ2v) is 5.02. The van der Waals surface area contributed by atoms with Crippen molar-refractivity contribution in [2.45, 2.75) is 6.04 Å². The van der Waals surface area contributed by atoms with Crippen LogP contribution in [0.4, 0.5) is 5.69 Å². The van der Waals surface area contributed by atoms with Gasteiger partial charge in [0.05, 0.1) is 16.2 Å². The van der Waals surface area contributed by atoms with Gasteiger partial charge in [0.25, 0.3) is 0 Å². The highest BCUT2D eigenvalue weighted by molar-refractivity contribution is 6.37.